The molecule has 0 N–H and O–H groups in total. The molecule has 0 saturated heterocycles. The molecule has 7 heteroatoms. The Labute approximate surface area is 125 Å². The first kappa shape index (κ1) is 17.4. The number of nitrogens with zero attached hydrogens (tertiary/aromatic N) is 2. The van der Waals surface area contributed by atoms with Crippen molar-refractivity contribution >= 4 is 21.6 Å². The van der Waals surface area contributed by atoms with Crippen LogP contribution in [-0.2, 0) is 15.9 Å². The molecule has 0 aliphatic rings. The minimum atomic E-state index is -3.71. The van der Waals surface area contributed by atoms with E-state index >= 15 is 0 Å². The van der Waals surface area contributed by atoms with Crippen LogP contribution in [0.25, 0.3) is 0 Å². The number of likely N-dealkylation sites (N-methyl/N-ethyl adjacent to an activating group) is 2. The van der Waals surface area contributed by atoms with Crippen LogP contribution in [0.1, 0.15) is 11.1 Å². The second-order valence-electron chi connectivity index (χ2n) is 4.96. The molecule has 20 heavy (non-hydrogen) atoms. The zero-order valence-corrected chi connectivity index (χ0v) is 13.7. The van der Waals surface area contributed by atoms with E-state index in [-0.39, 0.29) is 16.3 Å². The first-order valence-electron chi connectivity index (χ1n) is 6.16. The number of alkyl halides is 1. The lowest BCUT2D eigenvalue weighted by molar-refractivity contribution is 0.358. The smallest absolute Gasteiger partial charge is 0.243 e. The van der Waals surface area contributed by atoms with Gasteiger partial charge in [0.25, 0.3) is 0 Å². The van der Waals surface area contributed by atoms with Crippen molar-refractivity contribution in [1.82, 2.24) is 9.21 Å². The van der Waals surface area contributed by atoms with Gasteiger partial charge in [0.1, 0.15) is 5.82 Å². The lowest BCUT2D eigenvalue weighted by atomic mass is 10.1. The Balaban J connectivity index is 3.18. The number of hydrogen-bond acceptors (Lipinski definition) is 3. The van der Waals surface area contributed by atoms with Gasteiger partial charge in [0.2, 0.25) is 10.0 Å². The molecule has 4 nitrogen and oxygen atoms in total. The topological polar surface area (TPSA) is 40.6 Å². The van der Waals surface area contributed by atoms with E-state index in [4.69, 9.17) is 11.6 Å². The van der Waals surface area contributed by atoms with Crippen molar-refractivity contribution in [3.8, 4) is 0 Å². The van der Waals surface area contributed by atoms with Crippen molar-refractivity contribution in [2.45, 2.75) is 17.7 Å². The fourth-order valence-corrected chi connectivity index (χ4v) is 3.28. The zero-order chi connectivity index (χ0) is 15.5. The maximum absolute atomic E-state index is 13.8. The first-order chi connectivity index (χ1) is 9.20. The fourth-order valence-electron chi connectivity index (χ4n) is 1.68. The summed E-state index contributed by atoms with van der Waals surface area (Å²) >= 11 is 5.67. The van der Waals surface area contributed by atoms with E-state index in [1.54, 1.807) is 0 Å². The van der Waals surface area contributed by atoms with E-state index in [1.165, 1.54) is 30.4 Å². The number of rotatable bonds is 6. The molecule has 1 rings (SSSR count). The molecule has 0 spiro atoms. The van der Waals surface area contributed by atoms with E-state index in [0.717, 1.165) is 0 Å². The van der Waals surface area contributed by atoms with Gasteiger partial charge in [-0.3, -0.25) is 0 Å². The molecule has 0 aliphatic carbocycles. The molecule has 0 unspecified atom stereocenters. The minimum absolute atomic E-state index is 0.0191. The number of sulfonamides is 1. The van der Waals surface area contributed by atoms with Crippen LogP contribution in [0.15, 0.2) is 17.0 Å². The molecule has 0 aliphatic heterocycles. The molecule has 0 aromatic heterocycles. The predicted molar refractivity (Wildman–Crippen MR) is 79.1 cm³/mol. The van der Waals surface area contributed by atoms with Gasteiger partial charge in [0, 0.05) is 31.6 Å². The van der Waals surface area contributed by atoms with Crippen molar-refractivity contribution in [3.63, 3.8) is 0 Å². The van der Waals surface area contributed by atoms with E-state index in [9.17, 15) is 12.8 Å². The van der Waals surface area contributed by atoms with Crippen LogP contribution in [0.4, 0.5) is 4.39 Å². The Morgan fingerprint density at radius 3 is 2.30 bits per heavy atom. The Morgan fingerprint density at radius 2 is 1.80 bits per heavy atom. The molecule has 0 radical (unpaired) electrons. The van der Waals surface area contributed by atoms with Gasteiger partial charge >= 0.3 is 0 Å². The zero-order valence-electron chi connectivity index (χ0n) is 12.2. The Morgan fingerprint density at radius 1 is 1.20 bits per heavy atom. The van der Waals surface area contributed by atoms with Gasteiger partial charge in [0.15, 0.2) is 0 Å². The number of benzene rings is 1. The third-order valence-corrected chi connectivity index (χ3v) is 5.35. The van der Waals surface area contributed by atoms with Crippen molar-refractivity contribution in [1.29, 1.82) is 0 Å². The molecular weight excluding hydrogens is 303 g/mol. The maximum atomic E-state index is 13.8. The summed E-state index contributed by atoms with van der Waals surface area (Å²) in [6.45, 7) is 2.38. The third-order valence-electron chi connectivity index (χ3n) is 3.06. The fraction of sp³-hybridized carbons (Fsp3) is 0.538. The lowest BCUT2D eigenvalue weighted by Gasteiger charge is -2.21. The van der Waals surface area contributed by atoms with Gasteiger partial charge in [-0.2, -0.15) is 4.31 Å². The van der Waals surface area contributed by atoms with Crippen LogP contribution < -0.4 is 0 Å². The maximum Gasteiger partial charge on any atom is 0.243 e. The SMILES string of the molecule is Cc1c(F)cc(CCl)cc1S(=O)(=O)N(C)CCN(C)C. The molecule has 0 saturated carbocycles. The average Bonchev–Trinajstić information content (AvgIpc) is 2.38. The van der Waals surface area contributed by atoms with Gasteiger partial charge in [-0.15, -0.1) is 11.6 Å². The first-order valence-corrected chi connectivity index (χ1v) is 8.13. The molecule has 0 atom stereocenters. The van der Waals surface area contributed by atoms with Crippen LogP contribution >= 0.6 is 11.6 Å². The van der Waals surface area contributed by atoms with Gasteiger partial charge in [-0.25, -0.2) is 12.8 Å². The molecule has 1 aromatic rings. The van der Waals surface area contributed by atoms with Crippen LogP contribution in [-0.4, -0.2) is 51.9 Å². The summed E-state index contributed by atoms with van der Waals surface area (Å²) in [5.41, 5.74) is 0.574. The highest BCUT2D eigenvalue weighted by atomic mass is 35.5. The largest absolute Gasteiger partial charge is 0.308 e. The average molecular weight is 323 g/mol. The van der Waals surface area contributed by atoms with Crippen molar-refractivity contribution in [2.75, 3.05) is 34.2 Å². The molecule has 1 aromatic carbocycles. The van der Waals surface area contributed by atoms with Crippen LogP contribution in [0.5, 0.6) is 0 Å². The molecule has 0 bridgehead atoms. The highest BCUT2D eigenvalue weighted by Gasteiger charge is 2.24. The molecule has 0 heterocycles. The van der Waals surface area contributed by atoms with Crippen molar-refractivity contribution < 1.29 is 12.8 Å². The predicted octanol–water partition coefficient (Wildman–Crippen LogP) is 2.06. The van der Waals surface area contributed by atoms with Crippen molar-refractivity contribution in [3.05, 3.63) is 29.1 Å². The van der Waals surface area contributed by atoms with Crippen LogP contribution in [0.2, 0.25) is 0 Å². The summed E-state index contributed by atoms with van der Waals surface area (Å²) < 4.78 is 40.0. The van der Waals surface area contributed by atoms with E-state index in [1.807, 2.05) is 19.0 Å². The quantitative estimate of drug-likeness (QED) is 0.753. The normalized spacial score (nSPS) is 12.4. The lowest BCUT2D eigenvalue weighted by Crippen LogP contribution is -2.34. The summed E-state index contributed by atoms with van der Waals surface area (Å²) in [5, 5.41) is 0. The second-order valence-corrected chi connectivity index (χ2v) is 7.24. The molecule has 0 amide bonds. The van der Waals surface area contributed by atoms with Gasteiger partial charge in [-0.1, -0.05) is 0 Å². The third kappa shape index (κ3) is 3.91. The Kier molecular flexibility index (Phi) is 5.94. The summed E-state index contributed by atoms with van der Waals surface area (Å²) in [5.74, 6) is -0.482. The molecular formula is C13H20ClFN2O2S. The highest BCUT2D eigenvalue weighted by Crippen LogP contribution is 2.24. The number of halogens is 2. The van der Waals surface area contributed by atoms with Crippen LogP contribution in [0.3, 0.4) is 0 Å². The van der Waals surface area contributed by atoms with Gasteiger partial charge in [0.05, 0.1) is 4.90 Å². The van der Waals surface area contributed by atoms with Gasteiger partial charge < -0.3 is 4.90 Å². The van der Waals surface area contributed by atoms with E-state index in [2.05, 4.69) is 0 Å². The summed E-state index contributed by atoms with van der Waals surface area (Å²) in [7, 11) is 1.50. The Bertz CT molecular complexity index is 576. The summed E-state index contributed by atoms with van der Waals surface area (Å²) in [4.78, 5) is 1.86. The van der Waals surface area contributed by atoms with Crippen molar-refractivity contribution in [2.24, 2.45) is 0 Å². The standard InChI is InChI=1S/C13H20ClFN2O2S/c1-10-12(15)7-11(9-14)8-13(10)20(18,19)17(4)6-5-16(2)3/h7-8H,5-6,9H2,1-4H3. The Hall–Kier alpha value is -0.690. The van der Waals surface area contributed by atoms with Gasteiger partial charge in [-0.05, 0) is 38.7 Å². The number of hydrogen-bond donors (Lipinski definition) is 0. The summed E-state index contributed by atoms with van der Waals surface area (Å²) in [6, 6.07) is 2.70. The highest BCUT2D eigenvalue weighted by molar-refractivity contribution is 7.89. The summed E-state index contributed by atoms with van der Waals surface area (Å²) in [6.07, 6.45) is 0. The van der Waals surface area contributed by atoms with Crippen LogP contribution in [0, 0.1) is 12.7 Å². The van der Waals surface area contributed by atoms with E-state index < -0.39 is 15.8 Å². The monoisotopic (exact) mass is 322 g/mol. The van der Waals surface area contributed by atoms with E-state index in [0.29, 0.717) is 18.7 Å². The minimum Gasteiger partial charge on any atom is -0.308 e. The molecule has 114 valence electrons. The molecule has 0 fully saturated rings. The second kappa shape index (κ2) is 6.85.